The van der Waals surface area contributed by atoms with E-state index in [0.717, 1.165) is 12.2 Å². The largest absolute Gasteiger partial charge is 0.488 e. The summed E-state index contributed by atoms with van der Waals surface area (Å²) in [6.07, 6.45) is 2.31. The highest BCUT2D eigenvalue weighted by atomic mass is 32.1. The van der Waals surface area contributed by atoms with E-state index in [1.807, 2.05) is 12.1 Å². The van der Waals surface area contributed by atoms with Crippen LogP contribution in [0, 0.1) is 0 Å². The minimum atomic E-state index is 0.608. The Labute approximate surface area is 112 Å². The first-order valence-corrected chi connectivity index (χ1v) is 7.13. The van der Waals surface area contributed by atoms with Gasteiger partial charge in [-0.25, -0.2) is 0 Å². The number of aryl methyl sites for hydroxylation is 1. The molecule has 0 bridgehead atoms. The SMILES string of the molecule is CCCc1ccc(OCc2ccc(CN)s2)cc1. The number of hydrogen-bond acceptors (Lipinski definition) is 3. The monoisotopic (exact) mass is 261 g/mol. The highest BCUT2D eigenvalue weighted by molar-refractivity contribution is 7.11. The van der Waals surface area contributed by atoms with Crippen LogP contribution in [0.2, 0.25) is 0 Å². The molecule has 0 radical (unpaired) electrons. The Morgan fingerprint density at radius 3 is 2.39 bits per heavy atom. The molecule has 3 heteroatoms. The quantitative estimate of drug-likeness (QED) is 0.859. The third-order valence-electron chi connectivity index (χ3n) is 2.76. The van der Waals surface area contributed by atoms with Crippen LogP contribution in [-0.4, -0.2) is 0 Å². The average molecular weight is 261 g/mol. The molecule has 0 aliphatic carbocycles. The van der Waals surface area contributed by atoms with E-state index in [-0.39, 0.29) is 0 Å². The third-order valence-corrected chi connectivity index (χ3v) is 3.84. The Morgan fingerprint density at radius 2 is 1.78 bits per heavy atom. The van der Waals surface area contributed by atoms with E-state index in [1.54, 1.807) is 11.3 Å². The van der Waals surface area contributed by atoms with Gasteiger partial charge in [0.15, 0.2) is 0 Å². The van der Waals surface area contributed by atoms with E-state index in [9.17, 15) is 0 Å². The zero-order valence-electron chi connectivity index (χ0n) is 10.7. The van der Waals surface area contributed by atoms with Crippen molar-refractivity contribution >= 4 is 11.3 Å². The molecule has 0 atom stereocenters. The summed E-state index contributed by atoms with van der Waals surface area (Å²) < 4.78 is 5.75. The standard InChI is InChI=1S/C15H19NOS/c1-2-3-12-4-6-13(7-5-12)17-11-15-9-8-14(10-16)18-15/h4-9H,2-3,10-11,16H2,1H3. The van der Waals surface area contributed by atoms with Gasteiger partial charge < -0.3 is 10.5 Å². The molecule has 18 heavy (non-hydrogen) atoms. The summed E-state index contributed by atoms with van der Waals surface area (Å²) in [7, 11) is 0. The summed E-state index contributed by atoms with van der Waals surface area (Å²) in [5.41, 5.74) is 6.95. The highest BCUT2D eigenvalue weighted by Gasteiger charge is 2.00. The van der Waals surface area contributed by atoms with Gasteiger partial charge in [-0.3, -0.25) is 0 Å². The lowest BCUT2D eigenvalue weighted by atomic mass is 10.1. The zero-order valence-corrected chi connectivity index (χ0v) is 11.5. The Bertz CT molecular complexity index is 475. The minimum absolute atomic E-state index is 0.608. The van der Waals surface area contributed by atoms with Gasteiger partial charge in [0.2, 0.25) is 0 Å². The molecular formula is C15H19NOS. The molecule has 0 aliphatic rings. The maximum absolute atomic E-state index is 5.75. The van der Waals surface area contributed by atoms with Crippen molar-refractivity contribution in [3.8, 4) is 5.75 Å². The second-order valence-electron chi connectivity index (χ2n) is 4.25. The van der Waals surface area contributed by atoms with E-state index < -0.39 is 0 Å². The topological polar surface area (TPSA) is 35.2 Å². The number of rotatable bonds is 6. The normalized spacial score (nSPS) is 10.6. The first-order valence-electron chi connectivity index (χ1n) is 6.31. The van der Waals surface area contributed by atoms with Crippen molar-refractivity contribution in [2.75, 3.05) is 0 Å². The molecule has 2 aromatic rings. The van der Waals surface area contributed by atoms with E-state index in [2.05, 4.69) is 31.2 Å². The molecule has 0 spiro atoms. The van der Waals surface area contributed by atoms with Crippen molar-refractivity contribution in [1.82, 2.24) is 0 Å². The molecule has 0 aliphatic heterocycles. The highest BCUT2D eigenvalue weighted by Crippen LogP contribution is 2.19. The summed E-state index contributed by atoms with van der Waals surface area (Å²) in [6.45, 7) is 3.42. The van der Waals surface area contributed by atoms with Gasteiger partial charge in [0, 0.05) is 16.3 Å². The molecule has 2 rings (SSSR count). The van der Waals surface area contributed by atoms with Crippen LogP contribution in [0.15, 0.2) is 36.4 Å². The molecular weight excluding hydrogens is 242 g/mol. The molecule has 2 N–H and O–H groups in total. The summed E-state index contributed by atoms with van der Waals surface area (Å²) in [5, 5.41) is 0. The Balaban J connectivity index is 1.89. The second-order valence-corrected chi connectivity index (χ2v) is 5.51. The Hall–Kier alpha value is -1.32. The van der Waals surface area contributed by atoms with Gasteiger partial charge in [0.1, 0.15) is 12.4 Å². The lowest BCUT2D eigenvalue weighted by molar-refractivity contribution is 0.309. The van der Waals surface area contributed by atoms with Crippen molar-refractivity contribution in [3.05, 3.63) is 51.7 Å². The van der Waals surface area contributed by atoms with Gasteiger partial charge in [0.05, 0.1) is 0 Å². The van der Waals surface area contributed by atoms with Crippen molar-refractivity contribution in [3.63, 3.8) is 0 Å². The van der Waals surface area contributed by atoms with Gasteiger partial charge in [-0.2, -0.15) is 0 Å². The number of thiophene rings is 1. The number of nitrogens with two attached hydrogens (primary N) is 1. The summed E-state index contributed by atoms with van der Waals surface area (Å²) in [5.74, 6) is 0.928. The van der Waals surface area contributed by atoms with Crippen LogP contribution < -0.4 is 10.5 Å². The number of ether oxygens (including phenoxy) is 1. The van der Waals surface area contributed by atoms with Crippen LogP contribution in [0.25, 0.3) is 0 Å². The molecule has 1 aromatic carbocycles. The molecule has 0 saturated carbocycles. The Morgan fingerprint density at radius 1 is 1.06 bits per heavy atom. The van der Waals surface area contributed by atoms with Crippen molar-refractivity contribution in [2.45, 2.75) is 32.9 Å². The Kier molecular flexibility index (Phi) is 4.79. The lowest BCUT2D eigenvalue weighted by Gasteiger charge is -2.05. The van der Waals surface area contributed by atoms with Crippen LogP contribution in [0.3, 0.4) is 0 Å². The lowest BCUT2D eigenvalue weighted by Crippen LogP contribution is -1.93. The summed E-state index contributed by atoms with van der Waals surface area (Å²) >= 11 is 1.71. The molecule has 1 heterocycles. The first-order chi connectivity index (χ1) is 8.81. The summed E-state index contributed by atoms with van der Waals surface area (Å²) in [6, 6.07) is 12.5. The van der Waals surface area contributed by atoms with E-state index in [4.69, 9.17) is 10.5 Å². The predicted molar refractivity (Wildman–Crippen MR) is 77.0 cm³/mol. The van der Waals surface area contributed by atoms with Crippen LogP contribution >= 0.6 is 11.3 Å². The van der Waals surface area contributed by atoms with Crippen LogP contribution in [0.1, 0.15) is 28.7 Å². The molecule has 0 unspecified atom stereocenters. The van der Waals surface area contributed by atoms with E-state index in [0.29, 0.717) is 13.2 Å². The molecule has 1 aromatic heterocycles. The van der Waals surface area contributed by atoms with Gasteiger partial charge in [-0.15, -0.1) is 11.3 Å². The summed E-state index contributed by atoms with van der Waals surface area (Å²) in [4.78, 5) is 2.42. The maximum atomic E-state index is 5.75. The van der Waals surface area contributed by atoms with E-state index >= 15 is 0 Å². The minimum Gasteiger partial charge on any atom is -0.488 e. The maximum Gasteiger partial charge on any atom is 0.122 e. The van der Waals surface area contributed by atoms with Crippen LogP contribution in [0.5, 0.6) is 5.75 Å². The molecule has 0 saturated heterocycles. The van der Waals surface area contributed by atoms with Gasteiger partial charge in [-0.1, -0.05) is 25.5 Å². The van der Waals surface area contributed by atoms with Crippen molar-refractivity contribution in [2.24, 2.45) is 5.73 Å². The smallest absolute Gasteiger partial charge is 0.122 e. The van der Waals surface area contributed by atoms with Crippen molar-refractivity contribution in [1.29, 1.82) is 0 Å². The molecule has 96 valence electrons. The van der Waals surface area contributed by atoms with Gasteiger partial charge >= 0.3 is 0 Å². The molecule has 0 fully saturated rings. The fraction of sp³-hybridized carbons (Fsp3) is 0.333. The van der Waals surface area contributed by atoms with E-state index in [1.165, 1.54) is 21.7 Å². The third kappa shape index (κ3) is 3.59. The van der Waals surface area contributed by atoms with Gasteiger partial charge in [0.25, 0.3) is 0 Å². The molecule has 2 nitrogen and oxygen atoms in total. The predicted octanol–water partition coefficient (Wildman–Crippen LogP) is 3.74. The fourth-order valence-corrected chi connectivity index (χ4v) is 2.62. The number of hydrogen-bond donors (Lipinski definition) is 1. The first kappa shape index (κ1) is 13.1. The van der Waals surface area contributed by atoms with Crippen molar-refractivity contribution < 1.29 is 4.74 Å². The average Bonchev–Trinajstić information content (AvgIpc) is 2.86. The fourth-order valence-electron chi connectivity index (χ4n) is 1.81. The van der Waals surface area contributed by atoms with Gasteiger partial charge in [-0.05, 0) is 36.2 Å². The molecule has 0 amide bonds. The van der Waals surface area contributed by atoms with Crippen LogP contribution in [0.4, 0.5) is 0 Å². The van der Waals surface area contributed by atoms with Crippen LogP contribution in [-0.2, 0) is 19.6 Å². The second kappa shape index (κ2) is 6.57. The number of benzene rings is 1. The zero-order chi connectivity index (χ0) is 12.8.